The van der Waals surface area contributed by atoms with Crippen molar-refractivity contribution in [3.8, 4) is 0 Å². The van der Waals surface area contributed by atoms with Gasteiger partial charge in [0.2, 0.25) is 0 Å². The molecule has 118 valence electrons. The maximum atomic E-state index is 3.29. The van der Waals surface area contributed by atoms with Gasteiger partial charge in [-0.15, -0.1) is 0 Å². The van der Waals surface area contributed by atoms with Crippen molar-refractivity contribution in [1.29, 1.82) is 0 Å². The summed E-state index contributed by atoms with van der Waals surface area (Å²) in [7, 11) is 2.01. The van der Waals surface area contributed by atoms with Crippen molar-refractivity contribution in [3.05, 3.63) is 35.4 Å². The zero-order chi connectivity index (χ0) is 15.2. The first-order valence-electron chi connectivity index (χ1n) is 8.29. The van der Waals surface area contributed by atoms with Crippen LogP contribution >= 0.6 is 0 Å². The molecule has 0 aromatic heterocycles. The Kier molecular flexibility index (Phi) is 6.22. The number of piperazine rings is 1. The molecule has 0 spiro atoms. The molecule has 1 unspecified atom stereocenters. The summed E-state index contributed by atoms with van der Waals surface area (Å²) < 4.78 is 0. The highest BCUT2D eigenvalue weighted by molar-refractivity contribution is 5.24. The lowest BCUT2D eigenvalue weighted by molar-refractivity contribution is 0.117. The highest BCUT2D eigenvalue weighted by atomic mass is 15.3. The van der Waals surface area contributed by atoms with Crippen molar-refractivity contribution in [2.45, 2.75) is 33.4 Å². The Hall–Kier alpha value is -0.900. The van der Waals surface area contributed by atoms with Crippen LogP contribution in [0.15, 0.2) is 24.3 Å². The lowest BCUT2D eigenvalue weighted by atomic mass is 10.1. The fraction of sp³-hybridized carbons (Fsp3) is 0.667. The summed E-state index contributed by atoms with van der Waals surface area (Å²) in [4.78, 5) is 5.17. The molecule has 0 radical (unpaired) electrons. The molecule has 3 nitrogen and oxygen atoms in total. The van der Waals surface area contributed by atoms with E-state index in [-0.39, 0.29) is 0 Å². The maximum Gasteiger partial charge on any atom is 0.0289 e. The van der Waals surface area contributed by atoms with E-state index in [1.165, 1.54) is 43.9 Å². The lowest BCUT2D eigenvalue weighted by Crippen LogP contribution is -2.46. The Bertz CT molecular complexity index is 405. The molecule has 21 heavy (non-hydrogen) atoms. The van der Waals surface area contributed by atoms with Crippen molar-refractivity contribution in [3.63, 3.8) is 0 Å². The van der Waals surface area contributed by atoms with Crippen LogP contribution in [-0.4, -0.2) is 49.6 Å². The largest absolute Gasteiger partial charge is 0.313 e. The molecule has 1 atom stereocenters. The average Bonchev–Trinajstić information content (AvgIpc) is 2.49. The van der Waals surface area contributed by atoms with Gasteiger partial charge in [-0.1, -0.05) is 38.1 Å². The van der Waals surface area contributed by atoms with Gasteiger partial charge >= 0.3 is 0 Å². The van der Waals surface area contributed by atoms with E-state index >= 15 is 0 Å². The average molecular weight is 289 g/mol. The third kappa shape index (κ3) is 5.10. The summed E-state index contributed by atoms with van der Waals surface area (Å²) in [6.07, 6.45) is 0. The van der Waals surface area contributed by atoms with E-state index in [1.54, 1.807) is 0 Å². The Morgan fingerprint density at radius 3 is 2.05 bits per heavy atom. The summed E-state index contributed by atoms with van der Waals surface area (Å²) in [5.41, 5.74) is 2.79. The fourth-order valence-electron chi connectivity index (χ4n) is 2.98. The topological polar surface area (TPSA) is 18.5 Å². The Balaban J connectivity index is 1.80. The van der Waals surface area contributed by atoms with Crippen LogP contribution in [0.3, 0.4) is 0 Å². The molecule has 0 aliphatic carbocycles. The van der Waals surface area contributed by atoms with E-state index in [9.17, 15) is 0 Å². The number of benzene rings is 1. The fourth-order valence-corrected chi connectivity index (χ4v) is 2.98. The third-order valence-electron chi connectivity index (χ3n) is 4.41. The zero-order valence-electron chi connectivity index (χ0n) is 14.1. The molecule has 1 aliphatic heterocycles. The standard InChI is InChI=1S/C18H31N3/c1-15(2)13-20-9-11-21(12-10-20)14-17-5-7-18(8-6-17)16(3)19-4/h5-8,15-16,19H,9-14H2,1-4H3. The van der Waals surface area contributed by atoms with Gasteiger partial charge in [0.05, 0.1) is 0 Å². The number of nitrogens with one attached hydrogen (secondary N) is 1. The van der Waals surface area contributed by atoms with E-state index < -0.39 is 0 Å². The van der Waals surface area contributed by atoms with Crippen LogP contribution in [0.2, 0.25) is 0 Å². The Morgan fingerprint density at radius 2 is 1.52 bits per heavy atom. The predicted octanol–water partition coefficient (Wildman–Crippen LogP) is 2.74. The van der Waals surface area contributed by atoms with Gasteiger partial charge in [0.1, 0.15) is 0 Å². The molecular weight excluding hydrogens is 258 g/mol. The highest BCUT2D eigenvalue weighted by Crippen LogP contribution is 2.15. The molecule has 1 aromatic carbocycles. The summed E-state index contributed by atoms with van der Waals surface area (Å²) in [6, 6.07) is 9.50. The Morgan fingerprint density at radius 1 is 0.952 bits per heavy atom. The van der Waals surface area contributed by atoms with Gasteiger partial charge in [0.15, 0.2) is 0 Å². The number of rotatable bonds is 6. The highest BCUT2D eigenvalue weighted by Gasteiger charge is 2.17. The second kappa shape index (κ2) is 7.92. The maximum absolute atomic E-state index is 3.29. The smallest absolute Gasteiger partial charge is 0.0289 e. The molecule has 3 heteroatoms. The quantitative estimate of drug-likeness (QED) is 0.869. The molecule has 1 aliphatic rings. The monoisotopic (exact) mass is 289 g/mol. The summed E-state index contributed by atoms with van der Waals surface area (Å²) >= 11 is 0. The van der Waals surface area contributed by atoms with E-state index in [2.05, 4.69) is 60.2 Å². The summed E-state index contributed by atoms with van der Waals surface area (Å²) in [5, 5.41) is 3.29. The van der Waals surface area contributed by atoms with E-state index in [0.29, 0.717) is 6.04 Å². The number of hydrogen-bond donors (Lipinski definition) is 1. The van der Waals surface area contributed by atoms with E-state index in [0.717, 1.165) is 12.5 Å². The SMILES string of the molecule is CNC(C)c1ccc(CN2CCN(CC(C)C)CC2)cc1. The molecule has 1 fully saturated rings. The molecule has 1 heterocycles. The van der Waals surface area contributed by atoms with Gasteiger partial charge in [0, 0.05) is 45.3 Å². The number of nitrogens with zero attached hydrogens (tertiary/aromatic N) is 2. The minimum absolute atomic E-state index is 0.429. The van der Waals surface area contributed by atoms with Gasteiger partial charge in [-0.25, -0.2) is 0 Å². The Labute approximate surface area is 130 Å². The molecule has 1 saturated heterocycles. The van der Waals surface area contributed by atoms with E-state index in [1.807, 2.05) is 7.05 Å². The van der Waals surface area contributed by atoms with Crippen LogP contribution in [0.4, 0.5) is 0 Å². The molecule has 0 saturated carbocycles. The van der Waals surface area contributed by atoms with Crippen LogP contribution in [0.25, 0.3) is 0 Å². The number of hydrogen-bond acceptors (Lipinski definition) is 3. The van der Waals surface area contributed by atoms with Crippen LogP contribution < -0.4 is 5.32 Å². The van der Waals surface area contributed by atoms with Gasteiger partial charge < -0.3 is 10.2 Å². The van der Waals surface area contributed by atoms with Crippen molar-refractivity contribution in [1.82, 2.24) is 15.1 Å². The molecule has 0 bridgehead atoms. The van der Waals surface area contributed by atoms with Gasteiger partial charge in [0.25, 0.3) is 0 Å². The van der Waals surface area contributed by atoms with Crippen molar-refractivity contribution < 1.29 is 0 Å². The van der Waals surface area contributed by atoms with Crippen LogP contribution in [0.1, 0.15) is 37.9 Å². The van der Waals surface area contributed by atoms with Crippen LogP contribution in [0.5, 0.6) is 0 Å². The lowest BCUT2D eigenvalue weighted by Gasteiger charge is -2.35. The normalized spacial score (nSPS) is 19.1. The van der Waals surface area contributed by atoms with Gasteiger partial charge in [-0.3, -0.25) is 4.90 Å². The first-order valence-corrected chi connectivity index (χ1v) is 8.29. The summed E-state index contributed by atoms with van der Waals surface area (Å²) in [5.74, 6) is 0.776. The first kappa shape index (κ1) is 16.5. The molecule has 2 rings (SSSR count). The van der Waals surface area contributed by atoms with Gasteiger partial charge in [-0.2, -0.15) is 0 Å². The zero-order valence-corrected chi connectivity index (χ0v) is 14.1. The second-order valence-electron chi connectivity index (χ2n) is 6.72. The molecule has 1 aromatic rings. The molecule has 1 N–H and O–H groups in total. The molecular formula is C18H31N3. The first-order chi connectivity index (χ1) is 10.1. The minimum atomic E-state index is 0.429. The molecule has 0 amide bonds. The van der Waals surface area contributed by atoms with Gasteiger partial charge in [-0.05, 0) is 31.0 Å². The predicted molar refractivity (Wildman–Crippen MR) is 90.5 cm³/mol. The summed E-state index contributed by atoms with van der Waals surface area (Å²) in [6.45, 7) is 14.0. The van der Waals surface area contributed by atoms with Crippen LogP contribution in [-0.2, 0) is 6.54 Å². The van der Waals surface area contributed by atoms with Crippen molar-refractivity contribution in [2.24, 2.45) is 5.92 Å². The third-order valence-corrected chi connectivity index (χ3v) is 4.41. The van der Waals surface area contributed by atoms with Crippen molar-refractivity contribution >= 4 is 0 Å². The minimum Gasteiger partial charge on any atom is -0.313 e. The van der Waals surface area contributed by atoms with E-state index in [4.69, 9.17) is 0 Å². The van der Waals surface area contributed by atoms with Crippen LogP contribution in [0, 0.1) is 5.92 Å². The van der Waals surface area contributed by atoms with Crippen molar-refractivity contribution in [2.75, 3.05) is 39.8 Å². The second-order valence-corrected chi connectivity index (χ2v) is 6.72.